The molecule has 0 bridgehead atoms. The number of carbonyl (C=O) groups is 1. The first kappa shape index (κ1) is 17.0. The lowest BCUT2D eigenvalue weighted by Gasteiger charge is -2.15. The van der Waals surface area contributed by atoms with E-state index in [4.69, 9.17) is 9.72 Å². The number of aromatic nitrogens is 3. The van der Waals surface area contributed by atoms with E-state index in [2.05, 4.69) is 39.3 Å². The van der Waals surface area contributed by atoms with E-state index in [1.165, 1.54) is 23.4 Å². The van der Waals surface area contributed by atoms with Gasteiger partial charge in [-0.05, 0) is 42.5 Å². The van der Waals surface area contributed by atoms with Gasteiger partial charge in [0, 0.05) is 37.0 Å². The van der Waals surface area contributed by atoms with Gasteiger partial charge in [-0.3, -0.25) is 4.79 Å². The molecule has 0 saturated heterocycles. The molecule has 0 unspecified atom stereocenters. The van der Waals surface area contributed by atoms with Crippen LogP contribution in [0.3, 0.4) is 0 Å². The fourth-order valence-electron chi connectivity index (χ4n) is 4.18. The van der Waals surface area contributed by atoms with Crippen molar-refractivity contribution in [3.8, 4) is 17.1 Å². The van der Waals surface area contributed by atoms with E-state index in [-0.39, 0.29) is 11.9 Å². The lowest BCUT2D eigenvalue weighted by Crippen LogP contribution is -2.27. The Labute approximate surface area is 163 Å². The Kier molecular flexibility index (Phi) is 4.11. The molecule has 0 saturated carbocycles. The van der Waals surface area contributed by atoms with E-state index in [1.807, 2.05) is 0 Å². The summed E-state index contributed by atoms with van der Waals surface area (Å²) in [5, 5.41) is 3.16. The molecule has 1 amide bonds. The summed E-state index contributed by atoms with van der Waals surface area (Å²) in [4.78, 5) is 21.6. The van der Waals surface area contributed by atoms with Crippen LogP contribution in [0.5, 0.6) is 5.88 Å². The largest absolute Gasteiger partial charge is 0.481 e. The number of benzene rings is 1. The summed E-state index contributed by atoms with van der Waals surface area (Å²) in [5.74, 6) is 1.56. The third kappa shape index (κ3) is 2.95. The second-order valence-corrected chi connectivity index (χ2v) is 7.41. The predicted octanol–water partition coefficient (Wildman–Crippen LogP) is 3.32. The molecule has 0 spiro atoms. The first-order valence-corrected chi connectivity index (χ1v) is 9.71. The van der Waals surface area contributed by atoms with Gasteiger partial charge in [-0.25, -0.2) is 9.97 Å². The van der Waals surface area contributed by atoms with E-state index in [0.717, 1.165) is 37.1 Å². The van der Waals surface area contributed by atoms with E-state index in [9.17, 15) is 4.79 Å². The predicted molar refractivity (Wildman–Crippen MR) is 105 cm³/mol. The summed E-state index contributed by atoms with van der Waals surface area (Å²) >= 11 is 0. The highest BCUT2D eigenvalue weighted by atomic mass is 16.5. The topological polar surface area (TPSA) is 69.0 Å². The molecule has 1 N–H and O–H groups in total. The Morgan fingerprint density at radius 1 is 1.25 bits per heavy atom. The van der Waals surface area contributed by atoms with Gasteiger partial charge in [0.1, 0.15) is 5.82 Å². The van der Waals surface area contributed by atoms with Crippen LogP contribution in [0.1, 0.15) is 46.2 Å². The number of ether oxygens (including phenoxy) is 1. The highest BCUT2D eigenvalue weighted by Crippen LogP contribution is 2.35. The smallest absolute Gasteiger partial charge is 0.253 e. The molecule has 6 heteroatoms. The van der Waals surface area contributed by atoms with Crippen LogP contribution < -0.4 is 10.1 Å². The highest BCUT2D eigenvalue weighted by Gasteiger charge is 2.25. The summed E-state index contributed by atoms with van der Waals surface area (Å²) < 4.78 is 7.30. The standard InChI is InChI=1S/C22H22N4O2/c1-28-21-9-7-16(12-23-21)22(27)25-18-8-6-14-4-5-15(11-17(14)18)19-13-26-10-2-3-20(26)24-19/h4-5,7,9,11-13,18H,2-3,6,8,10H2,1H3,(H,25,27)/t18-/m1/s1. The second kappa shape index (κ2) is 6.78. The van der Waals surface area contributed by atoms with Crippen LogP contribution in [0.2, 0.25) is 0 Å². The van der Waals surface area contributed by atoms with Gasteiger partial charge in [0.15, 0.2) is 0 Å². The number of aryl methyl sites for hydroxylation is 3. The van der Waals surface area contributed by atoms with Gasteiger partial charge in [-0.1, -0.05) is 12.1 Å². The minimum absolute atomic E-state index is 0.0130. The van der Waals surface area contributed by atoms with Gasteiger partial charge >= 0.3 is 0 Å². The summed E-state index contributed by atoms with van der Waals surface area (Å²) in [6, 6.07) is 9.97. The Balaban J connectivity index is 1.38. The van der Waals surface area contributed by atoms with Crippen molar-refractivity contribution in [2.45, 2.75) is 38.3 Å². The van der Waals surface area contributed by atoms with Crippen molar-refractivity contribution in [1.29, 1.82) is 0 Å². The zero-order valence-corrected chi connectivity index (χ0v) is 15.8. The molecule has 1 aliphatic heterocycles. The van der Waals surface area contributed by atoms with Crippen molar-refractivity contribution in [3.63, 3.8) is 0 Å². The van der Waals surface area contributed by atoms with Crippen molar-refractivity contribution < 1.29 is 9.53 Å². The summed E-state index contributed by atoms with van der Waals surface area (Å²) in [7, 11) is 1.56. The van der Waals surface area contributed by atoms with Crippen molar-refractivity contribution in [2.75, 3.05) is 7.11 Å². The molecular weight excluding hydrogens is 352 g/mol. The molecule has 1 aromatic carbocycles. The minimum atomic E-state index is -0.112. The number of nitrogens with one attached hydrogen (secondary N) is 1. The second-order valence-electron chi connectivity index (χ2n) is 7.41. The third-order valence-electron chi connectivity index (χ3n) is 5.69. The highest BCUT2D eigenvalue weighted by molar-refractivity contribution is 5.94. The summed E-state index contributed by atoms with van der Waals surface area (Å²) in [6.07, 6.45) is 7.82. The van der Waals surface area contributed by atoms with Gasteiger partial charge in [0.05, 0.1) is 24.4 Å². The van der Waals surface area contributed by atoms with Crippen LogP contribution in [0.15, 0.2) is 42.7 Å². The Hall–Kier alpha value is -3.15. The molecular formula is C22H22N4O2. The van der Waals surface area contributed by atoms with Gasteiger partial charge < -0.3 is 14.6 Å². The Morgan fingerprint density at radius 3 is 2.96 bits per heavy atom. The van der Waals surface area contributed by atoms with Crippen molar-refractivity contribution in [2.24, 2.45) is 0 Å². The van der Waals surface area contributed by atoms with E-state index < -0.39 is 0 Å². The molecule has 1 atom stereocenters. The first-order chi connectivity index (χ1) is 13.7. The molecule has 142 valence electrons. The normalized spacial score (nSPS) is 17.2. The molecule has 2 aromatic heterocycles. The molecule has 1 aliphatic carbocycles. The molecule has 28 heavy (non-hydrogen) atoms. The molecule has 5 rings (SSSR count). The van der Waals surface area contributed by atoms with Crippen LogP contribution in [-0.2, 0) is 19.4 Å². The molecule has 6 nitrogen and oxygen atoms in total. The Bertz CT molecular complexity index is 1020. The quantitative estimate of drug-likeness (QED) is 0.761. The van der Waals surface area contributed by atoms with Gasteiger partial charge in [-0.15, -0.1) is 0 Å². The zero-order valence-electron chi connectivity index (χ0n) is 15.8. The van der Waals surface area contributed by atoms with Crippen LogP contribution in [-0.4, -0.2) is 27.6 Å². The number of methoxy groups -OCH3 is 1. The van der Waals surface area contributed by atoms with Crippen LogP contribution in [0, 0.1) is 0 Å². The zero-order chi connectivity index (χ0) is 19.1. The lowest BCUT2D eigenvalue weighted by atomic mass is 10.0. The molecule has 3 heterocycles. The number of amides is 1. The molecule has 3 aromatic rings. The van der Waals surface area contributed by atoms with Gasteiger partial charge in [0.2, 0.25) is 5.88 Å². The maximum absolute atomic E-state index is 12.7. The molecule has 0 radical (unpaired) electrons. The van der Waals surface area contributed by atoms with Crippen molar-refractivity contribution in [1.82, 2.24) is 19.9 Å². The number of pyridine rings is 1. The van der Waals surface area contributed by atoms with E-state index >= 15 is 0 Å². The van der Waals surface area contributed by atoms with E-state index in [0.29, 0.717) is 11.4 Å². The third-order valence-corrected chi connectivity index (χ3v) is 5.69. The number of hydrogen-bond donors (Lipinski definition) is 1. The maximum Gasteiger partial charge on any atom is 0.253 e. The maximum atomic E-state index is 12.7. The van der Waals surface area contributed by atoms with Crippen molar-refractivity contribution >= 4 is 5.91 Å². The van der Waals surface area contributed by atoms with Crippen LogP contribution >= 0.6 is 0 Å². The number of carbonyl (C=O) groups excluding carboxylic acids is 1. The van der Waals surface area contributed by atoms with Crippen molar-refractivity contribution in [3.05, 3.63) is 65.2 Å². The molecule has 0 fully saturated rings. The monoisotopic (exact) mass is 374 g/mol. The number of nitrogens with zero attached hydrogens (tertiary/aromatic N) is 3. The number of rotatable bonds is 4. The van der Waals surface area contributed by atoms with Gasteiger partial charge in [-0.2, -0.15) is 0 Å². The average molecular weight is 374 g/mol. The van der Waals surface area contributed by atoms with Crippen LogP contribution in [0.25, 0.3) is 11.3 Å². The SMILES string of the molecule is COc1ccc(C(=O)N[C@@H]2CCc3ccc(-c4cn5c(n4)CCC5)cc32)cn1. The Morgan fingerprint density at radius 2 is 2.18 bits per heavy atom. The number of imidazole rings is 1. The number of hydrogen-bond acceptors (Lipinski definition) is 4. The average Bonchev–Trinajstić information content (AvgIpc) is 3.43. The van der Waals surface area contributed by atoms with Crippen LogP contribution in [0.4, 0.5) is 0 Å². The number of fused-ring (bicyclic) bond motifs is 2. The van der Waals surface area contributed by atoms with E-state index in [1.54, 1.807) is 25.4 Å². The first-order valence-electron chi connectivity index (χ1n) is 9.71. The fourth-order valence-corrected chi connectivity index (χ4v) is 4.18. The fraction of sp³-hybridized carbons (Fsp3) is 0.318. The summed E-state index contributed by atoms with van der Waals surface area (Å²) in [6.45, 7) is 1.06. The molecule has 2 aliphatic rings. The lowest BCUT2D eigenvalue weighted by molar-refractivity contribution is 0.0936. The summed E-state index contributed by atoms with van der Waals surface area (Å²) in [5.41, 5.74) is 5.17. The van der Waals surface area contributed by atoms with Gasteiger partial charge in [0.25, 0.3) is 5.91 Å². The minimum Gasteiger partial charge on any atom is -0.481 e.